The van der Waals surface area contributed by atoms with E-state index in [1.54, 1.807) is 23.1 Å². The number of halogens is 1. The van der Waals surface area contributed by atoms with Gasteiger partial charge in [-0.3, -0.25) is 14.4 Å². The maximum Gasteiger partial charge on any atom is 0.242 e. The highest BCUT2D eigenvalue weighted by Gasteiger charge is 2.30. The average molecular weight is 347 g/mol. The van der Waals surface area contributed by atoms with Crippen molar-refractivity contribution >= 4 is 17.7 Å². The second-order valence-electron chi connectivity index (χ2n) is 6.59. The molecular weight excluding hydrogens is 325 g/mol. The number of nitrogens with zero attached hydrogens (tertiary/aromatic N) is 1. The Hall–Kier alpha value is -2.44. The SMILES string of the molecule is O=C1CCC(C(=O)NC2CCN(C(=O)Cc3ccccc3F)CC2)N1. The van der Waals surface area contributed by atoms with Crippen molar-refractivity contribution < 1.29 is 18.8 Å². The van der Waals surface area contributed by atoms with Crippen molar-refractivity contribution in [3.05, 3.63) is 35.6 Å². The molecule has 2 saturated heterocycles. The van der Waals surface area contributed by atoms with Crippen LogP contribution in [-0.4, -0.2) is 47.8 Å². The number of hydrogen-bond acceptors (Lipinski definition) is 3. The fourth-order valence-electron chi connectivity index (χ4n) is 3.30. The van der Waals surface area contributed by atoms with E-state index in [4.69, 9.17) is 0 Å². The van der Waals surface area contributed by atoms with Crippen LogP contribution in [0.1, 0.15) is 31.2 Å². The lowest BCUT2D eigenvalue weighted by Crippen LogP contribution is -2.50. The Kier molecular flexibility index (Phi) is 5.31. The van der Waals surface area contributed by atoms with E-state index < -0.39 is 6.04 Å². The summed E-state index contributed by atoms with van der Waals surface area (Å²) in [6, 6.07) is 5.86. The third-order valence-electron chi connectivity index (χ3n) is 4.81. The standard InChI is InChI=1S/C18H22FN3O3/c19-14-4-2-1-3-12(14)11-17(24)22-9-7-13(8-10-22)20-18(25)15-5-6-16(23)21-15/h1-4,13,15H,5-11H2,(H,20,25)(H,21,23). The molecule has 25 heavy (non-hydrogen) atoms. The lowest BCUT2D eigenvalue weighted by molar-refractivity contribution is -0.132. The van der Waals surface area contributed by atoms with Crippen LogP contribution in [0, 0.1) is 5.82 Å². The van der Waals surface area contributed by atoms with Gasteiger partial charge in [0.15, 0.2) is 0 Å². The molecule has 3 amide bonds. The Morgan fingerprint density at radius 1 is 1.20 bits per heavy atom. The topological polar surface area (TPSA) is 78.5 Å². The molecule has 1 atom stereocenters. The van der Waals surface area contributed by atoms with Crippen LogP contribution in [0.25, 0.3) is 0 Å². The summed E-state index contributed by atoms with van der Waals surface area (Å²) in [6.45, 7) is 1.07. The van der Waals surface area contributed by atoms with Gasteiger partial charge in [-0.05, 0) is 30.9 Å². The van der Waals surface area contributed by atoms with Crippen LogP contribution < -0.4 is 10.6 Å². The summed E-state index contributed by atoms with van der Waals surface area (Å²) >= 11 is 0. The van der Waals surface area contributed by atoms with Crippen LogP contribution in [0.4, 0.5) is 4.39 Å². The number of piperidine rings is 1. The largest absolute Gasteiger partial charge is 0.351 e. The van der Waals surface area contributed by atoms with E-state index in [1.807, 2.05) is 0 Å². The quantitative estimate of drug-likeness (QED) is 0.844. The van der Waals surface area contributed by atoms with Crippen LogP contribution in [0.3, 0.4) is 0 Å². The number of likely N-dealkylation sites (tertiary alicyclic amines) is 1. The Labute approximate surface area is 145 Å². The first-order valence-corrected chi connectivity index (χ1v) is 8.64. The van der Waals surface area contributed by atoms with Crippen LogP contribution in [-0.2, 0) is 20.8 Å². The van der Waals surface area contributed by atoms with Gasteiger partial charge in [-0.25, -0.2) is 4.39 Å². The molecule has 2 heterocycles. The maximum atomic E-state index is 13.6. The highest BCUT2D eigenvalue weighted by Crippen LogP contribution is 2.15. The summed E-state index contributed by atoms with van der Waals surface area (Å²) in [7, 11) is 0. The van der Waals surface area contributed by atoms with Crippen molar-refractivity contribution in [1.82, 2.24) is 15.5 Å². The van der Waals surface area contributed by atoms with Gasteiger partial charge in [0, 0.05) is 25.6 Å². The van der Waals surface area contributed by atoms with Gasteiger partial charge >= 0.3 is 0 Å². The summed E-state index contributed by atoms with van der Waals surface area (Å²) in [6.07, 6.45) is 2.30. The van der Waals surface area contributed by atoms with Gasteiger partial charge < -0.3 is 15.5 Å². The monoisotopic (exact) mass is 347 g/mol. The second kappa shape index (κ2) is 7.63. The van der Waals surface area contributed by atoms with Crippen molar-refractivity contribution in [3.8, 4) is 0 Å². The van der Waals surface area contributed by atoms with Crippen LogP contribution >= 0.6 is 0 Å². The summed E-state index contributed by atoms with van der Waals surface area (Å²) in [5, 5.41) is 5.60. The molecule has 0 aromatic heterocycles. The van der Waals surface area contributed by atoms with Gasteiger partial charge in [-0.15, -0.1) is 0 Å². The Balaban J connectivity index is 1.45. The molecule has 2 aliphatic rings. The van der Waals surface area contributed by atoms with Gasteiger partial charge in [0.25, 0.3) is 0 Å². The molecule has 0 radical (unpaired) electrons. The highest BCUT2D eigenvalue weighted by atomic mass is 19.1. The first-order chi connectivity index (χ1) is 12.0. The van der Waals surface area contributed by atoms with Crippen molar-refractivity contribution in [1.29, 1.82) is 0 Å². The summed E-state index contributed by atoms with van der Waals surface area (Å²) < 4.78 is 13.6. The van der Waals surface area contributed by atoms with Gasteiger partial charge in [-0.2, -0.15) is 0 Å². The minimum Gasteiger partial charge on any atom is -0.351 e. The number of amides is 3. The first kappa shape index (κ1) is 17.4. The zero-order valence-corrected chi connectivity index (χ0v) is 14.0. The number of nitrogens with one attached hydrogen (secondary N) is 2. The van der Waals surface area contributed by atoms with E-state index in [1.165, 1.54) is 6.07 Å². The van der Waals surface area contributed by atoms with Crippen LogP contribution in [0.2, 0.25) is 0 Å². The molecule has 0 saturated carbocycles. The second-order valence-corrected chi connectivity index (χ2v) is 6.59. The number of benzene rings is 1. The summed E-state index contributed by atoms with van der Waals surface area (Å²) in [4.78, 5) is 37.3. The molecule has 2 aliphatic heterocycles. The minimum atomic E-state index is -0.437. The highest BCUT2D eigenvalue weighted by molar-refractivity contribution is 5.90. The number of hydrogen-bond donors (Lipinski definition) is 2. The summed E-state index contributed by atoms with van der Waals surface area (Å²) in [5.74, 6) is -0.703. The lowest BCUT2D eigenvalue weighted by atomic mass is 10.0. The van der Waals surface area contributed by atoms with E-state index in [2.05, 4.69) is 10.6 Å². The van der Waals surface area contributed by atoms with Crippen molar-refractivity contribution in [2.75, 3.05) is 13.1 Å². The molecule has 1 aromatic rings. The minimum absolute atomic E-state index is 0.00233. The van der Waals surface area contributed by atoms with E-state index in [0.717, 1.165) is 0 Å². The molecular formula is C18H22FN3O3. The zero-order valence-electron chi connectivity index (χ0n) is 14.0. The molecule has 2 N–H and O–H groups in total. The van der Waals surface area contributed by atoms with E-state index in [0.29, 0.717) is 44.3 Å². The van der Waals surface area contributed by atoms with Gasteiger partial charge in [0.05, 0.1) is 6.42 Å². The van der Waals surface area contributed by atoms with E-state index in [-0.39, 0.29) is 36.0 Å². The zero-order chi connectivity index (χ0) is 17.8. The number of carbonyl (C=O) groups excluding carboxylic acids is 3. The van der Waals surface area contributed by atoms with Gasteiger partial charge in [0.2, 0.25) is 17.7 Å². The molecule has 7 heteroatoms. The maximum absolute atomic E-state index is 13.6. The van der Waals surface area contributed by atoms with Crippen LogP contribution in [0.15, 0.2) is 24.3 Å². The molecule has 0 bridgehead atoms. The molecule has 134 valence electrons. The van der Waals surface area contributed by atoms with Crippen molar-refractivity contribution in [3.63, 3.8) is 0 Å². The smallest absolute Gasteiger partial charge is 0.242 e. The third kappa shape index (κ3) is 4.35. The predicted octanol–water partition coefficient (Wildman–Crippen LogP) is 0.754. The molecule has 0 spiro atoms. The predicted molar refractivity (Wildman–Crippen MR) is 89.0 cm³/mol. The summed E-state index contributed by atoms with van der Waals surface area (Å²) in [5.41, 5.74) is 0.403. The fraction of sp³-hybridized carbons (Fsp3) is 0.500. The van der Waals surface area contributed by atoms with Crippen molar-refractivity contribution in [2.45, 2.75) is 44.2 Å². The number of carbonyl (C=O) groups is 3. The first-order valence-electron chi connectivity index (χ1n) is 8.64. The lowest BCUT2D eigenvalue weighted by Gasteiger charge is -2.33. The molecule has 3 rings (SSSR count). The van der Waals surface area contributed by atoms with E-state index >= 15 is 0 Å². The molecule has 0 aliphatic carbocycles. The normalized spacial score (nSPS) is 21.1. The van der Waals surface area contributed by atoms with E-state index in [9.17, 15) is 18.8 Å². The van der Waals surface area contributed by atoms with Crippen LogP contribution in [0.5, 0.6) is 0 Å². The van der Waals surface area contributed by atoms with Crippen molar-refractivity contribution in [2.24, 2.45) is 0 Å². The Morgan fingerprint density at radius 3 is 2.56 bits per heavy atom. The van der Waals surface area contributed by atoms with Gasteiger partial charge in [-0.1, -0.05) is 18.2 Å². The molecule has 1 aromatic carbocycles. The average Bonchev–Trinajstić information content (AvgIpc) is 3.04. The Morgan fingerprint density at radius 2 is 1.92 bits per heavy atom. The number of rotatable bonds is 4. The Bertz CT molecular complexity index is 671. The fourth-order valence-corrected chi connectivity index (χ4v) is 3.30. The molecule has 2 fully saturated rings. The molecule has 6 nitrogen and oxygen atoms in total. The third-order valence-corrected chi connectivity index (χ3v) is 4.81. The molecule has 1 unspecified atom stereocenters. The van der Waals surface area contributed by atoms with Gasteiger partial charge in [0.1, 0.15) is 11.9 Å².